The zero-order chi connectivity index (χ0) is 16.1. The number of aliphatic imine (C=N–C) groups is 1. The Morgan fingerprint density at radius 1 is 1.43 bits per heavy atom. The van der Waals surface area contributed by atoms with Crippen LogP contribution in [0.15, 0.2) is 4.99 Å². The molecule has 1 N–H and O–H groups in total. The van der Waals surface area contributed by atoms with Gasteiger partial charge in [0.15, 0.2) is 15.8 Å². The maximum absolute atomic E-state index is 12.1. The van der Waals surface area contributed by atoms with E-state index in [0.29, 0.717) is 12.5 Å². The van der Waals surface area contributed by atoms with Gasteiger partial charge in [-0.3, -0.25) is 4.99 Å². The number of sulfone groups is 1. The lowest BCUT2D eigenvalue weighted by Gasteiger charge is -2.25. The summed E-state index contributed by atoms with van der Waals surface area (Å²) in [5.74, 6) is 1.36. The number of hydrogen-bond acceptors (Lipinski definition) is 4. The van der Waals surface area contributed by atoms with Gasteiger partial charge in [0.25, 0.3) is 0 Å². The predicted octanol–water partition coefficient (Wildman–Crippen LogP) is 0.743. The summed E-state index contributed by atoms with van der Waals surface area (Å²) in [5.41, 5.74) is 0. The van der Waals surface area contributed by atoms with Crippen LogP contribution >= 0.6 is 0 Å². The Morgan fingerprint density at radius 3 is 2.57 bits per heavy atom. The van der Waals surface area contributed by atoms with E-state index >= 15 is 0 Å². The Morgan fingerprint density at radius 2 is 2.10 bits per heavy atom. The van der Waals surface area contributed by atoms with E-state index in [1.165, 1.54) is 0 Å². The van der Waals surface area contributed by atoms with Gasteiger partial charge in [0.2, 0.25) is 0 Å². The van der Waals surface area contributed by atoms with E-state index in [1.54, 1.807) is 27.8 Å². The number of hydrogen-bond donors (Lipinski definition) is 1. The fraction of sp³-hybridized carbons (Fsp3) is 0.929. The SMILES string of the molecule is CN=C(NCCS(=O)(=O)C(C)(C)C)N(C)CC1CCOC1. The molecule has 1 aliphatic heterocycles. The molecule has 0 aromatic heterocycles. The first-order valence-electron chi connectivity index (χ1n) is 7.39. The highest BCUT2D eigenvalue weighted by Crippen LogP contribution is 2.15. The predicted molar refractivity (Wildman–Crippen MR) is 86.5 cm³/mol. The summed E-state index contributed by atoms with van der Waals surface area (Å²) in [5, 5.41) is 3.13. The van der Waals surface area contributed by atoms with Crippen molar-refractivity contribution in [3.8, 4) is 0 Å². The van der Waals surface area contributed by atoms with Gasteiger partial charge in [-0.1, -0.05) is 0 Å². The average molecular weight is 319 g/mol. The monoisotopic (exact) mass is 319 g/mol. The third-order valence-electron chi connectivity index (χ3n) is 3.72. The molecule has 0 aromatic carbocycles. The van der Waals surface area contributed by atoms with Crippen molar-refractivity contribution >= 4 is 15.8 Å². The van der Waals surface area contributed by atoms with E-state index in [9.17, 15) is 8.42 Å². The minimum atomic E-state index is -3.11. The maximum Gasteiger partial charge on any atom is 0.193 e. The first kappa shape index (κ1) is 18.2. The van der Waals surface area contributed by atoms with Crippen LogP contribution in [0.3, 0.4) is 0 Å². The fourth-order valence-electron chi connectivity index (χ4n) is 2.19. The molecule has 0 spiro atoms. The molecule has 6 nitrogen and oxygen atoms in total. The van der Waals surface area contributed by atoms with Crippen molar-refractivity contribution in [2.45, 2.75) is 31.9 Å². The molecule has 1 unspecified atom stereocenters. The van der Waals surface area contributed by atoms with Crippen molar-refractivity contribution in [3.63, 3.8) is 0 Å². The quantitative estimate of drug-likeness (QED) is 0.598. The van der Waals surface area contributed by atoms with Gasteiger partial charge in [0, 0.05) is 39.7 Å². The maximum atomic E-state index is 12.1. The summed E-state index contributed by atoms with van der Waals surface area (Å²) in [6, 6.07) is 0. The van der Waals surface area contributed by atoms with E-state index in [0.717, 1.165) is 32.1 Å². The van der Waals surface area contributed by atoms with E-state index in [-0.39, 0.29) is 5.75 Å². The Balaban J connectivity index is 2.44. The second kappa shape index (κ2) is 7.45. The Kier molecular flexibility index (Phi) is 6.46. The lowest BCUT2D eigenvalue weighted by molar-refractivity contribution is 0.181. The highest BCUT2D eigenvalue weighted by molar-refractivity contribution is 7.92. The van der Waals surface area contributed by atoms with Gasteiger partial charge in [-0.2, -0.15) is 0 Å². The van der Waals surface area contributed by atoms with Crippen LogP contribution in [0.5, 0.6) is 0 Å². The molecule has 0 radical (unpaired) electrons. The van der Waals surface area contributed by atoms with Crippen molar-refractivity contribution in [3.05, 3.63) is 0 Å². The van der Waals surface area contributed by atoms with E-state index < -0.39 is 14.6 Å². The summed E-state index contributed by atoms with van der Waals surface area (Å²) >= 11 is 0. The largest absolute Gasteiger partial charge is 0.381 e. The molecule has 0 saturated carbocycles. The van der Waals surface area contributed by atoms with Gasteiger partial charge in [-0.25, -0.2) is 8.42 Å². The Labute approximate surface area is 128 Å². The van der Waals surface area contributed by atoms with E-state index in [4.69, 9.17) is 4.74 Å². The van der Waals surface area contributed by atoms with Crippen molar-refractivity contribution < 1.29 is 13.2 Å². The third-order valence-corrected chi connectivity index (χ3v) is 6.32. The molecule has 1 rings (SSSR count). The first-order valence-corrected chi connectivity index (χ1v) is 9.04. The first-order chi connectivity index (χ1) is 9.67. The second-order valence-corrected chi connectivity index (χ2v) is 9.38. The second-order valence-electron chi connectivity index (χ2n) is 6.52. The van der Waals surface area contributed by atoms with Crippen LogP contribution in [0, 0.1) is 5.92 Å². The van der Waals surface area contributed by atoms with Crippen LogP contribution in [0.25, 0.3) is 0 Å². The lowest BCUT2D eigenvalue weighted by atomic mass is 10.1. The van der Waals surface area contributed by atoms with Gasteiger partial charge >= 0.3 is 0 Å². The number of guanidine groups is 1. The summed E-state index contributed by atoms with van der Waals surface area (Å²) in [6.07, 6.45) is 1.07. The molecule has 1 saturated heterocycles. The topological polar surface area (TPSA) is 71.0 Å². The summed E-state index contributed by atoms with van der Waals surface area (Å²) in [4.78, 5) is 6.24. The molecule has 0 aromatic rings. The number of rotatable bonds is 5. The molecule has 1 atom stereocenters. The van der Waals surface area contributed by atoms with Crippen LogP contribution in [0.4, 0.5) is 0 Å². The average Bonchev–Trinajstić information content (AvgIpc) is 2.85. The summed E-state index contributed by atoms with van der Waals surface area (Å²) < 4.78 is 28.8. The van der Waals surface area contributed by atoms with Gasteiger partial charge in [-0.05, 0) is 27.2 Å². The normalized spacial score (nSPS) is 20.6. The highest BCUT2D eigenvalue weighted by Gasteiger charge is 2.28. The zero-order valence-electron chi connectivity index (χ0n) is 13.8. The van der Waals surface area contributed by atoms with E-state index in [1.807, 2.05) is 11.9 Å². The highest BCUT2D eigenvalue weighted by atomic mass is 32.2. The molecular formula is C14H29N3O3S. The van der Waals surface area contributed by atoms with Gasteiger partial charge in [-0.15, -0.1) is 0 Å². The molecule has 0 aliphatic carbocycles. The molecule has 7 heteroatoms. The molecule has 1 aliphatic rings. The van der Waals surface area contributed by atoms with Crippen LogP contribution in [0.2, 0.25) is 0 Å². The number of nitrogens with zero attached hydrogens (tertiary/aromatic N) is 2. The minimum absolute atomic E-state index is 0.107. The van der Waals surface area contributed by atoms with Crippen LogP contribution in [0.1, 0.15) is 27.2 Å². The third kappa shape index (κ3) is 5.47. The number of ether oxygens (including phenoxy) is 1. The smallest absolute Gasteiger partial charge is 0.193 e. The van der Waals surface area contributed by atoms with Gasteiger partial charge in [0.05, 0.1) is 17.1 Å². The Bertz CT molecular complexity index is 449. The minimum Gasteiger partial charge on any atom is -0.381 e. The van der Waals surface area contributed by atoms with Gasteiger partial charge in [0.1, 0.15) is 0 Å². The zero-order valence-corrected chi connectivity index (χ0v) is 14.7. The van der Waals surface area contributed by atoms with Gasteiger partial charge < -0.3 is 15.0 Å². The Hall–Kier alpha value is -0.820. The lowest BCUT2D eigenvalue weighted by Crippen LogP contribution is -2.44. The van der Waals surface area contributed by atoms with Crippen molar-refractivity contribution in [2.24, 2.45) is 10.9 Å². The van der Waals surface area contributed by atoms with Crippen molar-refractivity contribution in [2.75, 3.05) is 46.2 Å². The molecule has 21 heavy (non-hydrogen) atoms. The number of nitrogens with one attached hydrogen (secondary N) is 1. The summed E-state index contributed by atoms with van der Waals surface area (Å²) in [7, 11) is 0.569. The molecule has 1 heterocycles. The molecule has 124 valence electrons. The molecular weight excluding hydrogens is 290 g/mol. The summed E-state index contributed by atoms with van der Waals surface area (Å²) in [6.45, 7) is 8.04. The molecule has 1 fully saturated rings. The molecule has 0 amide bonds. The van der Waals surface area contributed by atoms with Crippen LogP contribution < -0.4 is 5.32 Å². The molecule has 0 bridgehead atoms. The van der Waals surface area contributed by atoms with Crippen molar-refractivity contribution in [1.29, 1.82) is 0 Å². The van der Waals surface area contributed by atoms with Crippen LogP contribution in [-0.2, 0) is 14.6 Å². The van der Waals surface area contributed by atoms with E-state index in [2.05, 4.69) is 10.3 Å². The van der Waals surface area contributed by atoms with Crippen LogP contribution in [-0.4, -0.2) is 70.2 Å². The standard InChI is InChI=1S/C14H29N3O3S/c1-14(2,3)21(18,19)9-7-16-13(15-4)17(5)10-12-6-8-20-11-12/h12H,6-11H2,1-5H3,(H,15,16). The van der Waals surface area contributed by atoms with Crippen molar-refractivity contribution in [1.82, 2.24) is 10.2 Å². The fourth-order valence-corrected chi connectivity index (χ4v) is 3.17.